The number of aromatic amines is 1. The first-order valence-electron chi connectivity index (χ1n) is 8.86. The van der Waals surface area contributed by atoms with Crippen molar-refractivity contribution >= 4 is 46.2 Å². The standard InChI is InChI=1S/C21H20N2O5S/c1-27-21(26)18(10-15-11-22-17-5-3-2-4-16(15)17)23-19(24)12-28-20(25)7-6-14-8-9-29-13-14/h2-9,11,13,18,22H,10,12H2,1H3,(H,23,24)/b7-6+/t18-/m1/s1. The second kappa shape index (κ2) is 9.70. The summed E-state index contributed by atoms with van der Waals surface area (Å²) >= 11 is 1.51. The second-order valence-corrected chi connectivity index (χ2v) is 6.98. The van der Waals surface area contributed by atoms with Crippen molar-refractivity contribution in [2.75, 3.05) is 13.7 Å². The van der Waals surface area contributed by atoms with E-state index in [9.17, 15) is 14.4 Å². The first-order chi connectivity index (χ1) is 14.1. The molecule has 1 atom stereocenters. The van der Waals surface area contributed by atoms with Crippen LogP contribution in [0.2, 0.25) is 0 Å². The lowest BCUT2D eigenvalue weighted by Gasteiger charge is -2.16. The summed E-state index contributed by atoms with van der Waals surface area (Å²) in [5.41, 5.74) is 2.68. The molecule has 0 aliphatic heterocycles. The van der Waals surface area contributed by atoms with Crippen molar-refractivity contribution in [3.05, 3.63) is 64.5 Å². The maximum absolute atomic E-state index is 12.2. The molecule has 3 rings (SSSR count). The molecule has 0 fully saturated rings. The molecule has 0 bridgehead atoms. The van der Waals surface area contributed by atoms with Gasteiger partial charge in [0.05, 0.1) is 7.11 Å². The summed E-state index contributed by atoms with van der Waals surface area (Å²) < 4.78 is 9.73. The average Bonchev–Trinajstić information content (AvgIpc) is 3.40. The number of ether oxygens (including phenoxy) is 2. The molecule has 0 spiro atoms. The molecular formula is C21H20N2O5S. The Balaban J connectivity index is 1.57. The van der Waals surface area contributed by atoms with Crippen molar-refractivity contribution in [3.63, 3.8) is 0 Å². The average molecular weight is 412 g/mol. The molecule has 1 amide bonds. The molecule has 0 aliphatic carbocycles. The molecule has 8 heteroatoms. The number of fused-ring (bicyclic) bond motifs is 1. The fraction of sp³-hybridized carbons (Fsp3) is 0.190. The van der Waals surface area contributed by atoms with Crippen molar-refractivity contribution in [1.29, 1.82) is 0 Å². The first-order valence-corrected chi connectivity index (χ1v) is 9.80. The van der Waals surface area contributed by atoms with E-state index in [2.05, 4.69) is 10.3 Å². The number of carbonyl (C=O) groups excluding carboxylic acids is 3. The summed E-state index contributed by atoms with van der Waals surface area (Å²) in [5.74, 6) is -1.80. The van der Waals surface area contributed by atoms with E-state index in [0.29, 0.717) is 0 Å². The van der Waals surface area contributed by atoms with Crippen LogP contribution < -0.4 is 5.32 Å². The van der Waals surface area contributed by atoms with Crippen LogP contribution in [0.15, 0.2) is 53.4 Å². The van der Waals surface area contributed by atoms with Gasteiger partial charge in [0.25, 0.3) is 5.91 Å². The van der Waals surface area contributed by atoms with E-state index in [1.807, 2.05) is 41.1 Å². The molecule has 1 aromatic carbocycles. The lowest BCUT2D eigenvalue weighted by Crippen LogP contribution is -2.44. The number of esters is 2. The van der Waals surface area contributed by atoms with Crippen LogP contribution in [-0.2, 0) is 30.3 Å². The quantitative estimate of drug-likeness (QED) is 0.438. The fourth-order valence-corrected chi connectivity index (χ4v) is 3.44. The Morgan fingerprint density at radius 3 is 2.83 bits per heavy atom. The van der Waals surface area contributed by atoms with Gasteiger partial charge in [0.2, 0.25) is 0 Å². The SMILES string of the molecule is COC(=O)[C@@H](Cc1c[nH]c2ccccc12)NC(=O)COC(=O)/C=C/c1ccsc1. The molecule has 7 nitrogen and oxygen atoms in total. The highest BCUT2D eigenvalue weighted by atomic mass is 32.1. The van der Waals surface area contributed by atoms with Crippen LogP contribution in [0.4, 0.5) is 0 Å². The van der Waals surface area contributed by atoms with Gasteiger partial charge < -0.3 is 19.8 Å². The zero-order valence-electron chi connectivity index (χ0n) is 15.7. The van der Waals surface area contributed by atoms with Crippen molar-refractivity contribution in [2.45, 2.75) is 12.5 Å². The number of para-hydroxylation sites is 1. The van der Waals surface area contributed by atoms with Gasteiger partial charge in [0, 0.05) is 29.6 Å². The van der Waals surface area contributed by atoms with Crippen LogP contribution >= 0.6 is 11.3 Å². The number of carbonyl (C=O) groups is 3. The monoisotopic (exact) mass is 412 g/mol. The number of rotatable bonds is 8. The minimum absolute atomic E-state index is 0.244. The largest absolute Gasteiger partial charge is 0.467 e. The zero-order valence-corrected chi connectivity index (χ0v) is 16.5. The van der Waals surface area contributed by atoms with E-state index in [1.165, 1.54) is 24.5 Å². The third-order valence-electron chi connectivity index (χ3n) is 4.22. The van der Waals surface area contributed by atoms with E-state index < -0.39 is 30.5 Å². The van der Waals surface area contributed by atoms with Gasteiger partial charge in [0.15, 0.2) is 6.61 Å². The Labute approximate surface area is 171 Å². The van der Waals surface area contributed by atoms with Gasteiger partial charge in [0.1, 0.15) is 6.04 Å². The summed E-state index contributed by atoms with van der Waals surface area (Å²) in [4.78, 5) is 39.2. The van der Waals surface area contributed by atoms with Crippen molar-refractivity contribution in [1.82, 2.24) is 10.3 Å². The third kappa shape index (κ3) is 5.55. The highest BCUT2D eigenvalue weighted by Gasteiger charge is 2.23. The summed E-state index contributed by atoms with van der Waals surface area (Å²) in [6, 6.07) is 8.61. The zero-order chi connectivity index (χ0) is 20.6. The number of benzene rings is 1. The molecule has 0 saturated carbocycles. The smallest absolute Gasteiger partial charge is 0.331 e. The third-order valence-corrected chi connectivity index (χ3v) is 4.92. The molecule has 2 heterocycles. The normalized spacial score (nSPS) is 12.0. The minimum Gasteiger partial charge on any atom is -0.467 e. The molecule has 0 saturated heterocycles. The Bertz CT molecular complexity index is 1020. The van der Waals surface area contributed by atoms with Crippen LogP contribution in [-0.4, -0.2) is 42.6 Å². The van der Waals surface area contributed by atoms with E-state index in [-0.39, 0.29) is 6.42 Å². The molecule has 150 valence electrons. The molecule has 2 aromatic heterocycles. The van der Waals surface area contributed by atoms with E-state index in [0.717, 1.165) is 22.0 Å². The number of hydrogen-bond donors (Lipinski definition) is 2. The maximum Gasteiger partial charge on any atom is 0.331 e. The van der Waals surface area contributed by atoms with Crippen molar-refractivity contribution < 1.29 is 23.9 Å². The van der Waals surface area contributed by atoms with Gasteiger partial charge in [-0.15, -0.1) is 0 Å². The number of amides is 1. The Kier molecular flexibility index (Phi) is 6.80. The Morgan fingerprint density at radius 1 is 1.24 bits per heavy atom. The highest BCUT2D eigenvalue weighted by Crippen LogP contribution is 2.19. The van der Waals surface area contributed by atoms with E-state index in [1.54, 1.807) is 12.3 Å². The number of methoxy groups -OCH3 is 1. The molecule has 0 unspecified atom stereocenters. The Morgan fingerprint density at radius 2 is 2.07 bits per heavy atom. The van der Waals surface area contributed by atoms with E-state index in [4.69, 9.17) is 9.47 Å². The van der Waals surface area contributed by atoms with Gasteiger partial charge in [-0.3, -0.25) is 4.79 Å². The van der Waals surface area contributed by atoms with Gasteiger partial charge in [-0.2, -0.15) is 11.3 Å². The van der Waals surface area contributed by atoms with Crippen LogP contribution in [0.1, 0.15) is 11.1 Å². The number of hydrogen-bond acceptors (Lipinski definition) is 6. The van der Waals surface area contributed by atoms with Crippen LogP contribution in [0, 0.1) is 0 Å². The van der Waals surface area contributed by atoms with Gasteiger partial charge in [-0.25, -0.2) is 9.59 Å². The number of nitrogens with one attached hydrogen (secondary N) is 2. The van der Waals surface area contributed by atoms with Crippen LogP contribution in [0.3, 0.4) is 0 Å². The molecule has 3 aromatic rings. The summed E-state index contributed by atoms with van der Waals surface area (Å²) in [7, 11) is 1.26. The summed E-state index contributed by atoms with van der Waals surface area (Å²) in [6.07, 6.45) is 4.89. The summed E-state index contributed by atoms with van der Waals surface area (Å²) in [5, 5.41) is 7.29. The van der Waals surface area contributed by atoms with Gasteiger partial charge in [-0.05, 0) is 40.1 Å². The molecule has 0 aliphatic rings. The lowest BCUT2D eigenvalue weighted by molar-refractivity contribution is -0.147. The van der Waals surface area contributed by atoms with Crippen LogP contribution in [0.25, 0.3) is 17.0 Å². The van der Waals surface area contributed by atoms with Crippen molar-refractivity contribution in [2.24, 2.45) is 0 Å². The van der Waals surface area contributed by atoms with E-state index >= 15 is 0 Å². The molecule has 2 N–H and O–H groups in total. The van der Waals surface area contributed by atoms with Crippen molar-refractivity contribution in [3.8, 4) is 0 Å². The van der Waals surface area contributed by atoms with Gasteiger partial charge >= 0.3 is 11.9 Å². The van der Waals surface area contributed by atoms with Gasteiger partial charge in [-0.1, -0.05) is 18.2 Å². The minimum atomic E-state index is -0.897. The van der Waals surface area contributed by atoms with Crippen LogP contribution in [0.5, 0.6) is 0 Å². The second-order valence-electron chi connectivity index (χ2n) is 6.20. The first kappa shape index (κ1) is 20.3. The topological polar surface area (TPSA) is 97.5 Å². The predicted octanol–water partition coefficient (Wildman–Crippen LogP) is 2.69. The molecule has 0 radical (unpaired) electrons. The molecular weight excluding hydrogens is 392 g/mol. The maximum atomic E-state index is 12.2. The number of aromatic nitrogens is 1. The lowest BCUT2D eigenvalue weighted by atomic mass is 10.0. The highest BCUT2D eigenvalue weighted by molar-refractivity contribution is 7.08. The molecule has 29 heavy (non-hydrogen) atoms. The number of H-pyrrole nitrogens is 1. The summed E-state index contributed by atoms with van der Waals surface area (Å²) in [6.45, 7) is -0.492. The number of thiophene rings is 1. The predicted molar refractivity (Wildman–Crippen MR) is 110 cm³/mol. The fourth-order valence-electron chi connectivity index (χ4n) is 2.81. The Hall–Kier alpha value is -3.39.